The van der Waals surface area contributed by atoms with E-state index in [-0.39, 0.29) is 17.2 Å². The molecule has 0 bridgehead atoms. The third-order valence-electron chi connectivity index (χ3n) is 5.89. The molecule has 2 heterocycles. The Morgan fingerprint density at radius 1 is 1.13 bits per heavy atom. The third-order valence-corrected chi connectivity index (χ3v) is 5.89. The normalized spacial score (nSPS) is 19.2. The molecular formula is C25H34N4O2. The van der Waals surface area contributed by atoms with E-state index in [1.54, 1.807) is 31.4 Å². The number of hydrogen-bond donors (Lipinski definition) is 0. The van der Waals surface area contributed by atoms with Crippen molar-refractivity contribution >= 4 is 11.8 Å². The number of aromatic nitrogens is 2. The number of carbonyl (C=O) groups excluding carboxylic acids is 2. The maximum Gasteiger partial charge on any atom is 0.230 e. The lowest BCUT2D eigenvalue weighted by Crippen LogP contribution is -2.54. The van der Waals surface area contributed by atoms with Gasteiger partial charge in [0.15, 0.2) is 0 Å². The molecule has 1 atom stereocenters. The smallest absolute Gasteiger partial charge is 0.230 e. The summed E-state index contributed by atoms with van der Waals surface area (Å²) in [5.74, 6) is 0.216. The zero-order valence-electron chi connectivity index (χ0n) is 19.4. The second-order valence-electron chi connectivity index (χ2n) is 10.1. The Labute approximate surface area is 185 Å². The molecule has 6 nitrogen and oxygen atoms in total. The molecule has 2 aromatic rings. The van der Waals surface area contributed by atoms with Crippen LogP contribution in [-0.4, -0.2) is 58.8 Å². The number of nitrogens with zero attached hydrogens (tertiary/aromatic N) is 4. The highest BCUT2D eigenvalue weighted by atomic mass is 16.2. The number of hydrogen-bond acceptors (Lipinski definition) is 4. The van der Waals surface area contributed by atoms with E-state index < -0.39 is 5.41 Å². The minimum atomic E-state index is -0.638. The Morgan fingerprint density at radius 2 is 1.81 bits per heavy atom. The van der Waals surface area contributed by atoms with Crippen LogP contribution in [0.3, 0.4) is 0 Å². The van der Waals surface area contributed by atoms with Crippen LogP contribution in [0.15, 0.2) is 43.0 Å². The van der Waals surface area contributed by atoms with E-state index in [9.17, 15) is 9.59 Å². The molecule has 2 amide bonds. The fourth-order valence-electron chi connectivity index (χ4n) is 4.54. The van der Waals surface area contributed by atoms with Crippen LogP contribution in [-0.2, 0) is 16.0 Å². The summed E-state index contributed by atoms with van der Waals surface area (Å²) in [5, 5.41) is 0. The van der Waals surface area contributed by atoms with E-state index in [0.29, 0.717) is 25.9 Å². The van der Waals surface area contributed by atoms with Crippen LogP contribution in [0.2, 0.25) is 0 Å². The van der Waals surface area contributed by atoms with Crippen molar-refractivity contribution in [1.29, 1.82) is 0 Å². The maximum absolute atomic E-state index is 13.5. The van der Waals surface area contributed by atoms with Gasteiger partial charge in [-0.05, 0) is 35.8 Å². The Bertz CT molecular complexity index is 921. The summed E-state index contributed by atoms with van der Waals surface area (Å²) in [5.41, 5.74) is 2.33. The van der Waals surface area contributed by atoms with Crippen molar-refractivity contribution in [2.45, 2.75) is 46.5 Å². The standard InChI is InChI=1S/C25H34N4O2/c1-24(2,3)14-22(30)29-12-8-11-25(17-29,23(31)28(4)5)13-19-9-6-7-10-21(19)20-15-26-18-27-16-20/h6-7,9-10,15-16,18H,8,11-14,17H2,1-5H3. The highest BCUT2D eigenvalue weighted by Gasteiger charge is 2.44. The van der Waals surface area contributed by atoms with Crippen LogP contribution in [0.5, 0.6) is 0 Å². The van der Waals surface area contributed by atoms with Crippen LogP contribution in [0.25, 0.3) is 11.1 Å². The summed E-state index contributed by atoms with van der Waals surface area (Å²) in [4.78, 5) is 38.4. The molecule has 0 aliphatic carbocycles. The van der Waals surface area contributed by atoms with Gasteiger partial charge in [0.25, 0.3) is 0 Å². The van der Waals surface area contributed by atoms with Crippen LogP contribution < -0.4 is 0 Å². The number of rotatable bonds is 5. The molecule has 166 valence electrons. The predicted octanol–water partition coefficient (Wildman–Crippen LogP) is 3.82. The lowest BCUT2D eigenvalue weighted by Gasteiger charge is -2.44. The molecule has 1 fully saturated rings. The van der Waals surface area contributed by atoms with E-state index in [1.165, 1.54) is 6.33 Å². The molecule has 1 unspecified atom stereocenters. The van der Waals surface area contributed by atoms with Crippen molar-refractivity contribution in [3.63, 3.8) is 0 Å². The van der Waals surface area contributed by atoms with Gasteiger partial charge in [0.1, 0.15) is 6.33 Å². The van der Waals surface area contributed by atoms with Crippen molar-refractivity contribution in [2.24, 2.45) is 10.8 Å². The van der Waals surface area contributed by atoms with Crippen LogP contribution in [0.1, 0.15) is 45.6 Å². The summed E-state index contributed by atoms with van der Waals surface area (Å²) >= 11 is 0. The highest BCUT2D eigenvalue weighted by molar-refractivity contribution is 5.85. The largest absolute Gasteiger partial charge is 0.348 e. The average Bonchev–Trinajstić information content (AvgIpc) is 2.73. The number of likely N-dealkylation sites (tertiary alicyclic amines) is 1. The first-order valence-electron chi connectivity index (χ1n) is 10.9. The SMILES string of the molecule is CN(C)C(=O)C1(Cc2ccccc2-c2cncnc2)CCCN(C(=O)CC(C)(C)C)C1. The molecule has 0 spiro atoms. The Balaban J connectivity index is 1.96. The molecule has 1 aliphatic heterocycles. The van der Waals surface area contributed by atoms with Crippen molar-refractivity contribution in [2.75, 3.05) is 27.2 Å². The van der Waals surface area contributed by atoms with Gasteiger partial charge in [0, 0.05) is 51.6 Å². The van der Waals surface area contributed by atoms with E-state index in [1.807, 2.05) is 23.1 Å². The van der Waals surface area contributed by atoms with Crippen LogP contribution in [0, 0.1) is 10.8 Å². The van der Waals surface area contributed by atoms with Gasteiger partial charge < -0.3 is 9.80 Å². The van der Waals surface area contributed by atoms with Gasteiger partial charge in [0.2, 0.25) is 11.8 Å². The first kappa shape index (κ1) is 22.9. The van der Waals surface area contributed by atoms with Gasteiger partial charge in [-0.25, -0.2) is 9.97 Å². The van der Waals surface area contributed by atoms with Gasteiger partial charge in [-0.3, -0.25) is 9.59 Å². The second kappa shape index (κ2) is 9.16. The summed E-state index contributed by atoms with van der Waals surface area (Å²) in [6, 6.07) is 8.12. The van der Waals surface area contributed by atoms with Crippen molar-refractivity contribution < 1.29 is 9.59 Å². The first-order chi connectivity index (χ1) is 14.6. The molecule has 1 saturated heterocycles. The molecule has 31 heavy (non-hydrogen) atoms. The van der Waals surface area contributed by atoms with E-state index in [2.05, 4.69) is 36.8 Å². The van der Waals surface area contributed by atoms with Crippen molar-refractivity contribution in [3.8, 4) is 11.1 Å². The van der Waals surface area contributed by atoms with Crippen molar-refractivity contribution in [3.05, 3.63) is 48.5 Å². The second-order valence-corrected chi connectivity index (χ2v) is 10.1. The van der Waals surface area contributed by atoms with E-state index in [0.717, 1.165) is 29.5 Å². The minimum Gasteiger partial charge on any atom is -0.348 e. The maximum atomic E-state index is 13.5. The predicted molar refractivity (Wildman–Crippen MR) is 122 cm³/mol. The van der Waals surface area contributed by atoms with Gasteiger partial charge >= 0.3 is 0 Å². The molecule has 1 aromatic carbocycles. The zero-order chi connectivity index (χ0) is 22.6. The summed E-state index contributed by atoms with van der Waals surface area (Å²) in [6.45, 7) is 7.39. The van der Waals surface area contributed by atoms with E-state index in [4.69, 9.17) is 0 Å². The minimum absolute atomic E-state index is 0.0807. The van der Waals surface area contributed by atoms with Gasteiger partial charge in [-0.15, -0.1) is 0 Å². The quantitative estimate of drug-likeness (QED) is 0.735. The van der Waals surface area contributed by atoms with Gasteiger partial charge in [0.05, 0.1) is 5.41 Å². The molecule has 3 rings (SSSR count). The summed E-state index contributed by atoms with van der Waals surface area (Å²) in [7, 11) is 3.61. The molecule has 0 saturated carbocycles. The van der Waals surface area contributed by atoms with Crippen LogP contribution >= 0.6 is 0 Å². The van der Waals surface area contributed by atoms with E-state index >= 15 is 0 Å². The Hall–Kier alpha value is -2.76. The molecule has 0 N–H and O–H groups in total. The molecule has 0 radical (unpaired) electrons. The van der Waals surface area contributed by atoms with Crippen LogP contribution in [0.4, 0.5) is 0 Å². The molecule has 1 aromatic heterocycles. The monoisotopic (exact) mass is 422 g/mol. The average molecular weight is 423 g/mol. The molecule has 1 aliphatic rings. The fraction of sp³-hybridized carbons (Fsp3) is 0.520. The third kappa shape index (κ3) is 5.49. The number of benzene rings is 1. The first-order valence-corrected chi connectivity index (χ1v) is 10.9. The Kier molecular flexibility index (Phi) is 6.77. The summed E-state index contributed by atoms with van der Waals surface area (Å²) < 4.78 is 0. The molecule has 6 heteroatoms. The number of amides is 2. The zero-order valence-corrected chi connectivity index (χ0v) is 19.4. The number of carbonyl (C=O) groups is 2. The lowest BCUT2D eigenvalue weighted by atomic mass is 9.72. The Morgan fingerprint density at radius 3 is 2.45 bits per heavy atom. The van der Waals surface area contributed by atoms with Crippen molar-refractivity contribution in [1.82, 2.24) is 19.8 Å². The number of piperidine rings is 1. The van der Waals surface area contributed by atoms with Gasteiger partial charge in [-0.2, -0.15) is 0 Å². The topological polar surface area (TPSA) is 66.4 Å². The van der Waals surface area contributed by atoms with Gasteiger partial charge in [-0.1, -0.05) is 45.0 Å². The lowest BCUT2D eigenvalue weighted by molar-refractivity contribution is -0.147. The fourth-order valence-corrected chi connectivity index (χ4v) is 4.54. The summed E-state index contributed by atoms with van der Waals surface area (Å²) in [6.07, 6.45) is 7.77. The highest BCUT2D eigenvalue weighted by Crippen LogP contribution is 2.38. The molecular weight excluding hydrogens is 388 g/mol.